The number of aryl methyl sites for hydroxylation is 1. The summed E-state index contributed by atoms with van der Waals surface area (Å²) in [6.07, 6.45) is 5.24. The number of ether oxygens (including phenoxy) is 1. The summed E-state index contributed by atoms with van der Waals surface area (Å²) in [4.78, 5) is 14.2. The van der Waals surface area contributed by atoms with E-state index in [1.807, 2.05) is 31.9 Å². The van der Waals surface area contributed by atoms with Crippen molar-refractivity contribution in [2.45, 2.75) is 38.3 Å². The molecule has 21 heavy (non-hydrogen) atoms. The Morgan fingerprint density at radius 1 is 1.67 bits per heavy atom. The highest BCUT2D eigenvalue weighted by atomic mass is 16.5. The third-order valence-electron chi connectivity index (χ3n) is 4.09. The average molecular weight is 294 g/mol. The van der Waals surface area contributed by atoms with Gasteiger partial charge in [-0.15, -0.1) is 0 Å². The van der Waals surface area contributed by atoms with E-state index in [2.05, 4.69) is 15.3 Å². The van der Waals surface area contributed by atoms with Crippen LogP contribution in [0.25, 0.3) is 0 Å². The number of nitrogens with one attached hydrogen (secondary N) is 1. The molecule has 0 aromatic carbocycles. The van der Waals surface area contributed by atoms with Gasteiger partial charge in [0.2, 0.25) is 5.91 Å². The molecule has 0 saturated heterocycles. The van der Waals surface area contributed by atoms with Gasteiger partial charge in [0.25, 0.3) is 0 Å². The molecule has 1 amide bonds. The van der Waals surface area contributed by atoms with Crippen LogP contribution in [-0.4, -0.2) is 53.9 Å². The lowest BCUT2D eigenvalue weighted by Gasteiger charge is -2.31. The van der Waals surface area contributed by atoms with Gasteiger partial charge in [-0.2, -0.15) is 5.10 Å². The van der Waals surface area contributed by atoms with Gasteiger partial charge in [-0.1, -0.05) is 0 Å². The monoisotopic (exact) mass is 294 g/mol. The number of hydrogen-bond donors (Lipinski definition) is 1. The van der Waals surface area contributed by atoms with Crippen LogP contribution in [0.15, 0.2) is 6.20 Å². The summed E-state index contributed by atoms with van der Waals surface area (Å²) in [7, 11) is 5.63. The first-order valence-electron chi connectivity index (χ1n) is 7.52. The highest BCUT2D eigenvalue weighted by Gasteiger charge is 2.27. The van der Waals surface area contributed by atoms with E-state index in [0.29, 0.717) is 13.2 Å². The molecule has 1 aromatic heterocycles. The van der Waals surface area contributed by atoms with Crippen molar-refractivity contribution in [3.05, 3.63) is 17.5 Å². The molecule has 6 heteroatoms. The Labute approximate surface area is 126 Å². The van der Waals surface area contributed by atoms with Gasteiger partial charge in [-0.05, 0) is 33.2 Å². The summed E-state index contributed by atoms with van der Waals surface area (Å²) in [6, 6.07) is 0.321. The smallest absolute Gasteiger partial charge is 0.234 e. The highest BCUT2D eigenvalue weighted by molar-refractivity contribution is 5.78. The highest BCUT2D eigenvalue weighted by Crippen LogP contribution is 2.32. The van der Waals surface area contributed by atoms with Gasteiger partial charge in [0.1, 0.15) is 0 Å². The minimum Gasteiger partial charge on any atom is -0.383 e. The van der Waals surface area contributed by atoms with Gasteiger partial charge in [0.15, 0.2) is 0 Å². The van der Waals surface area contributed by atoms with E-state index < -0.39 is 0 Å². The van der Waals surface area contributed by atoms with Crippen LogP contribution in [0.1, 0.15) is 37.1 Å². The number of rotatable bonds is 6. The maximum atomic E-state index is 12.1. The molecule has 2 atom stereocenters. The average Bonchev–Trinajstić information content (AvgIpc) is 2.80. The van der Waals surface area contributed by atoms with E-state index in [1.54, 1.807) is 7.11 Å². The molecular weight excluding hydrogens is 268 g/mol. The van der Waals surface area contributed by atoms with Gasteiger partial charge >= 0.3 is 0 Å². The Balaban J connectivity index is 1.95. The summed E-state index contributed by atoms with van der Waals surface area (Å²) in [5, 5.41) is 7.31. The standard InChI is InChI=1S/C15H26N4O2/c1-11(10-21-4)17-15(20)9-18(2)13-6-5-7-14-12(13)8-16-19(14)3/h8,11,13H,5-7,9-10H2,1-4H3,(H,17,20). The number of fused-ring (bicyclic) bond motifs is 1. The number of aromatic nitrogens is 2. The van der Waals surface area contributed by atoms with E-state index in [9.17, 15) is 4.79 Å². The molecule has 6 nitrogen and oxygen atoms in total. The summed E-state index contributed by atoms with van der Waals surface area (Å²) in [6.45, 7) is 2.87. The Morgan fingerprint density at radius 2 is 2.43 bits per heavy atom. The molecule has 0 radical (unpaired) electrons. The molecule has 0 aliphatic heterocycles. The molecular formula is C15H26N4O2. The fourth-order valence-corrected chi connectivity index (χ4v) is 3.09. The number of methoxy groups -OCH3 is 1. The van der Waals surface area contributed by atoms with E-state index >= 15 is 0 Å². The molecule has 0 saturated carbocycles. The third kappa shape index (κ3) is 3.83. The van der Waals surface area contributed by atoms with Crippen LogP contribution < -0.4 is 5.32 Å². The Morgan fingerprint density at radius 3 is 3.14 bits per heavy atom. The second-order valence-electron chi connectivity index (χ2n) is 5.92. The summed E-state index contributed by atoms with van der Waals surface area (Å²) in [5.74, 6) is 0.0399. The molecule has 0 spiro atoms. The Kier molecular flexibility index (Phi) is 5.36. The summed E-state index contributed by atoms with van der Waals surface area (Å²) in [5.41, 5.74) is 2.57. The van der Waals surface area contributed by atoms with Crippen molar-refractivity contribution in [2.75, 3.05) is 27.3 Å². The summed E-state index contributed by atoms with van der Waals surface area (Å²) >= 11 is 0. The van der Waals surface area contributed by atoms with Crippen molar-refractivity contribution in [3.8, 4) is 0 Å². The van der Waals surface area contributed by atoms with Crippen molar-refractivity contribution < 1.29 is 9.53 Å². The van der Waals surface area contributed by atoms with Gasteiger partial charge < -0.3 is 10.1 Å². The number of likely N-dealkylation sites (N-methyl/N-ethyl adjacent to an activating group) is 1. The third-order valence-corrected chi connectivity index (χ3v) is 4.09. The molecule has 1 aliphatic carbocycles. The zero-order valence-electron chi connectivity index (χ0n) is 13.4. The zero-order valence-corrected chi connectivity index (χ0v) is 13.4. The fourth-order valence-electron chi connectivity index (χ4n) is 3.09. The fraction of sp³-hybridized carbons (Fsp3) is 0.733. The van der Waals surface area contributed by atoms with Gasteiger partial charge in [0.05, 0.1) is 19.3 Å². The number of carbonyl (C=O) groups excluding carboxylic acids is 1. The van der Waals surface area contributed by atoms with Crippen molar-refractivity contribution in [2.24, 2.45) is 7.05 Å². The molecule has 0 bridgehead atoms. The predicted molar refractivity (Wildman–Crippen MR) is 81.0 cm³/mol. The first kappa shape index (κ1) is 16.0. The van der Waals surface area contributed by atoms with Crippen LogP contribution in [0.4, 0.5) is 0 Å². The zero-order chi connectivity index (χ0) is 15.4. The van der Waals surface area contributed by atoms with Crippen LogP contribution in [-0.2, 0) is 23.0 Å². The molecule has 1 aromatic rings. The van der Waals surface area contributed by atoms with E-state index in [4.69, 9.17) is 4.74 Å². The number of amides is 1. The maximum absolute atomic E-state index is 12.1. The lowest BCUT2D eigenvalue weighted by atomic mass is 9.92. The first-order valence-corrected chi connectivity index (χ1v) is 7.52. The van der Waals surface area contributed by atoms with E-state index in [0.717, 1.165) is 19.3 Å². The number of hydrogen-bond acceptors (Lipinski definition) is 4. The van der Waals surface area contributed by atoms with Gasteiger partial charge in [-0.25, -0.2) is 0 Å². The molecule has 1 heterocycles. The molecule has 0 fully saturated rings. The van der Waals surface area contributed by atoms with Gasteiger partial charge in [-0.3, -0.25) is 14.4 Å². The van der Waals surface area contributed by atoms with E-state index in [1.165, 1.54) is 11.3 Å². The molecule has 1 N–H and O–H groups in total. The van der Waals surface area contributed by atoms with Crippen LogP contribution in [0.2, 0.25) is 0 Å². The second-order valence-corrected chi connectivity index (χ2v) is 5.92. The number of nitrogens with zero attached hydrogens (tertiary/aromatic N) is 3. The molecule has 118 valence electrons. The lowest BCUT2D eigenvalue weighted by molar-refractivity contribution is -0.123. The minimum atomic E-state index is 0.0382. The van der Waals surface area contributed by atoms with Crippen molar-refractivity contribution in [1.82, 2.24) is 20.0 Å². The largest absolute Gasteiger partial charge is 0.383 e. The topological polar surface area (TPSA) is 59.4 Å². The van der Waals surface area contributed by atoms with Gasteiger partial charge in [0, 0.05) is 37.5 Å². The van der Waals surface area contributed by atoms with Crippen molar-refractivity contribution in [3.63, 3.8) is 0 Å². The van der Waals surface area contributed by atoms with Crippen LogP contribution in [0.5, 0.6) is 0 Å². The summed E-state index contributed by atoms with van der Waals surface area (Å²) < 4.78 is 6.99. The first-order chi connectivity index (χ1) is 10.0. The van der Waals surface area contributed by atoms with Crippen molar-refractivity contribution in [1.29, 1.82) is 0 Å². The van der Waals surface area contributed by atoms with Crippen LogP contribution >= 0.6 is 0 Å². The normalized spacial score (nSPS) is 19.4. The second kappa shape index (κ2) is 7.04. The molecule has 2 unspecified atom stereocenters. The van der Waals surface area contributed by atoms with Crippen LogP contribution in [0.3, 0.4) is 0 Å². The Bertz CT molecular complexity index is 486. The minimum absolute atomic E-state index is 0.0382. The molecule has 1 aliphatic rings. The number of carbonyl (C=O) groups is 1. The SMILES string of the molecule is COCC(C)NC(=O)CN(C)C1CCCc2c1cnn2C. The lowest BCUT2D eigenvalue weighted by Crippen LogP contribution is -2.42. The van der Waals surface area contributed by atoms with Crippen LogP contribution in [0, 0.1) is 0 Å². The Hall–Kier alpha value is -1.40. The maximum Gasteiger partial charge on any atom is 0.234 e. The quantitative estimate of drug-likeness (QED) is 0.846. The predicted octanol–water partition coefficient (Wildman–Crippen LogP) is 0.880. The van der Waals surface area contributed by atoms with E-state index in [-0.39, 0.29) is 18.0 Å². The molecule has 2 rings (SSSR count). The van der Waals surface area contributed by atoms with Crippen molar-refractivity contribution >= 4 is 5.91 Å².